The average Bonchev–Trinajstić information content (AvgIpc) is 2.41. The summed E-state index contributed by atoms with van der Waals surface area (Å²) in [6.45, 7) is 6.75. The topological polar surface area (TPSA) is 47.0 Å². The molecule has 1 aromatic heterocycles. The van der Waals surface area contributed by atoms with Crippen molar-refractivity contribution in [2.24, 2.45) is 0 Å². The Balaban J connectivity index is 2.23. The molecule has 0 aliphatic heterocycles. The standard InChI is InChI=1S/C15H18ClN3O/c1-4-20-12-7-5-11(6-8-12)19-15-13(10(2)3)14(16)17-9-18-15/h5-10H,4H2,1-3H3,(H,17,18,19). The van der Waals surface area contributed by atoms with Crippen LogP contribution in [-0.2, 0) is 0 Å². The number of anilines is 2. The van der Waals surface area contributed by atoms with E-state index in [1.807, 2.05) is 31.2 Å². The summed E-state index contributed by atoms with van der Waals surface area (Å²) in [6, 6.07) is 7.74. The zero-order valence-corrected chi connectivity index (χ0v) is 12.6. The van der Waals surface area contributed by atoms with Crippen LogP contribution in [0.2, 0.25) is 5.15 Å². The van der Waals surface area contributed by atoms with E-state index in [4.69, 9.17) is 16.3 Å². The van der Waals surface area contributed by atoms with E-state index in [0.717, 1.165) is 22.8 Å². The predicted octanol–water partition coefficient (Wildman–Crippen LogP) is 4.40. The molecule has 106 valence electrons. The molecule has 2 rings (SSSR count). The zero-order chi connectivity index (χ0) is 14.5. The van der Waals surface area contributed by atoms with Crippen molar-refractivity contribution in [1.82, 2.24) is 9.97 Å². The highest BCUT2D eigenvalue weighted by molar-refractivity contribution is 6.30. The fourth-order valence-electron chi connectivity index (χ4n) is 1.92. The molecule has 0 aliphatic carbocycles. The van der Waals surface area contributed by atoms with Gasteiger partial charge >= 0.3 is 0 Å². The largest absolute Gasteiger partial charge is 0.494 e. The molecule has 1 heterocycles. The van der Waals surface area contributed by atoms with Gasteiger partial charge in [0.15, 0.2) is 0 Å². The molecule has 0 saturated carbocycles. The third kappa shape index (κ3) is 3.39. The lowest BCUT2D eigenvalue weighted by atomic mass is 10.1. The Morgan fingerprint density at radius 2 is 1.90 bits per heavy atom. The van der Waals surface area contributed by atoms with Crippen LogP contribution in [0, 0.1) is 0 Å². The van der Waals surface area contributed by atoms with Crippen LogP contribution in [0.1, 0.15) is 32.3 Å². The maximum atomic E-state index is 6.15. The Hall–Kier alpha value is -1.81. The average molecular weight is 292 g/mol. The third-order valence-electron chi connectivity index (χ3n) is 2.84. The van der Waals surface area contributed by atoms with Crippen molar-refractivity contribution in [3.05, 3.63) is 41.3 Å². The van der Waals surface area contributed by atoms with E-state index in [9.17, 15) is 0 Å². The van der Waals surface area contributed by atoms with Gasteiger partial charge in [-0.2, -0.15) is 0 Å². The van der Waals surface area contributed by atoms with Gasteiger partial charge < -0.3 is 10.1 Å². The lowest BCUT2D eigenvalue weighted by molar-refractivity contribution is 0.340. The van der Waals surface area contributed by atoms with E-state index in [2.05, 4.69) is 29.1 Å². The number of hydrogen-bond donors (Lipinski definition) is 1. The molecule has 1 N–H and O–H groups in total. The first-order chi connectivity index (χ1) is 9.61. The fourth-order valence-corrected chi connectivity index (χ4v) is 2.27. The molecule has 0 unspecified atom stereocenters. The monoisotopic (exact) mass is 291 g/mol. The zero-order valence-electron chi connectivity index (χ0n) is 11.9. The number of rotatable bonds is 5. The molecule has 20 heavy (non-hydrogen) atoms. The predicted molar refractivity (Wildman–Crippen MR) is 82.0 cm³/mol. The summed E-state index contributed by atoms with van der Waals surface area (Å²) in [7, 11) is 0. The van der Waals surface area contributed by atoms with Crippen LogP contribution in [-0.4, -0.2) is 16.6 Å². The summed E-state index contributed by atoms with van der Waals surface area (Å²) in [6.07, 6.45) is 1.46. The third-order valence-corrected chi connectivity index (χ3v) is 3.14. The van der Waals surface area contributed by atoms with Crippen LogP contribution in [0.25, 0.3) is 0 Å². The lowest BCUT2D eigenvalue weighted by Gasteiger charge is -2.14. The number of hydrogen-bond acceptors (Lipinski definition) is 4. The second-order valence-corrected chi connectivity index (χ2v) is 5.02. The molecule has 0 atom stereocenters. The fraction of sp³-hybridized carbons (Fsp3) is 0.333. The van der Waals surface area contributed by atoms with Crippen molar-refractivity contribution in [2.45, 2.75) is 26.7 Å². The van der Waals surface area contributed by atoms with Gasteiger partial charge in [0.05, 0.1) is 6.61 Å². The molecule has 0 aliphatic rings. The number of nitrogens with one attached hydrogen (secondary N) is 1. The summed E-state index contributed by atoms with van der Waals surface area (Å²) < 4.78 is 5.42. The van der Waals surface area contributed by atoms with Crippen LogP contribution < -0.4 is 10.1 Å². The Bertz CT molecular complexity index is 570. The first kappa shape index (κ1) is 14.6. The van der Waals surface area contributed by atoms with E-state index >= 15 is 0 Å². The van der Waals surface area contributed by atoms with E-state index in [0.29, 0.717) is 11.8 Å². The van der Waals surface area contributed by atoms with Crippen molar-refractivity contribution in [3.8, 4) is 5.75 Å². The lowest BCUT2D eigenvalue weighted by Crippen LogP contribution is -2.03. The van der Waals surface area contributed by atoms with Crippen molar-refractivity contribution in [1.29, 1.82) is 0 Å². The van der Waals surface area contributed by atoms with Crippen molar-refractivity contribution in [3.63, 3.8) is 0 Å². The van der Waals surface area contributed by atoms with Crippen LogP contribution in [0.5, 0.6) is 5.75 Å². The number of benzene rings is 1. The van der Waals surface area contributed by atoms with E-state index in [1.165, 1.54) is 6.33 Å². The van der Waals surface area contributed by atoms with E-state index < -0.39 is 0 Å². The Morgan fingerprint density at radius 3 is 2.50 bits per heavy atom. The van der Waals surface area contributed by atoms with Gasteiger partial charge in [-0.1, -0.05) is 25.4 Å². The molecule has 5 heteroatoms. The highest BCUT2D eigenvalue weighted by Crippen LogP contribution is 2.30. The van der Waals surface area contributed by atoms with Crippen molar-refractivity contribution < 1.29 is 4.74 Å². The first-order valence-electron chi connectivity index (χ1n) is 6.62. The minimum absolute atomic E-state index is 0.244. The molecule has 0 radical (unpaired) electrons. The van der Waals surface area contributed by atoms with E-state index in [-0.39, 0.29) is 5.92 Å². The summed E-state index contributed by atoms with van der Waals surface area (Å²) >= 11 is 6.15. The van der Waals surface area contributed by atoms with Crippen molar-refractivity contribution in [2.75, 3.05) is 11.9 Å². The Labute approximate surface area is 124 Å². The SMILES string of the molecule is CCOc1ccc(Nc2ncnc(Cl)c2C(C)C)cc1. The van der Waals surface area contributed by atoms with Crippen LogP contribution in [0.4, 0.5) is 11.5 Å². The second kappa shape index (κ2) is 6.57. The maximum absolute atomic E-state index is 6.15. The highest BCUT2D eigenvalue weighted by atomic mass is 35.5. The molecule has 2 aromatic rings. The molecule has 4 nitrogen and oxygen atoms in total. The molecule has 1 aromatic carbocycles. The first-order valence-corrected chi connectivity index (χ1v) is 7.00. The molecule has 0 spiro atoms. The van der Waals surface area contributed by atoms with Gasteiger partial charge in [-0.15, -0.1) is 0 Å². The van der Waals surface area contributed by atoms with Crippen LogP contribution in [0.15, 0.2) is 30.6 Å². The number of halogens is 1. The minimum atomic E-state index is 0.244. The maximum Gasteiger partial charge on any atom is 0.138 e. The highest BCUT2D eigenvalue weighted by Gasteiger charge is 2.13. The minimum Gasteiger partial charge on any atom is -0.494 e. The van der Waals surface area contributed by atoms with Gasteiger partial charge in [0, 0.05) is 11.3 Å². The quantitative estimate of drug-likeness (QED) is 0.830. The Kier molecular flexibility index (Phi) is 4.79. The molecule has 0 bridgehead atoms. The van der Waals surface area contributed by atoms with Crippen LogP contribution >= 0.6 is 11.6 Å². The normalized spacial score (nSPS) is 10.7. The number of nitrogens with zero attached hydrogens (tertiary/aromatic N) is 2. The number of aromatic nitrogens is 2. The van der Waals surface area contributed by atoms with Crippen molar-refractivity contribution >= 4 is 23.1 Å². The molecular weight excluding hydrogens is 274 g/mol. The van der Waals surface area contributed by atoms with Gasteiger partial charge in [0.25, 0.3) is 0 Å². The smallest absolute Gasteiger partial charge is 0.138 e. The van der Waals surface area contributed by atoms with Gasteiger partial charge in [0.1, 0.15) is 23.0 Å². The molecule has 0 fully saturated rings. The van der Waals surface area contributed by atoms with Gasteiger partial charge in [-0.3, -0.25) is 0 Å². The molecule has 0 amide bonds. The van der Waals surface area contributed by atoms with Crippen LogP contribution in [0.3, 0.4) is 0 Å². The summed E-state index contributed by atoms with van der Waals surface area (Å²) in [5.74, 6) is 1.83. The summed E-state index contributed by atoms with van der Waals surface area (Å²) in [4.78, 5) is 8.31. The Morgan fingerprint density at radius 1 is 1.20 bits per heavy atom. The van der Waals surface area contributed by atoms with Gasteiger partial charge in [-0.05, 0) is 37.1 Å². The van der Waals surface area contributed by atoms with E-state index in [1.54, 1.807) is 0 Å². The molecular formula is C15H18ClN3O. The summed E-state index contributed by atoms with van der Waals surface area (Å²) in [5.41, 5.74) is 1.85. The van der Waals surface area contributed by atoms with Gasteiger partial charge in [-0.25, -0.2) is 9.97 Å². The number of ether oxygens (including phenoxy) is 1. The summed E-state index contributed by atoms with van der Waals surface area (Å²) in [5, 5.41) is 3.76. The molecule has 0 saturated heterocycles. The van der Waals surface area contributed by atoms with Gasteiger partial charge in [0.2, 0.25) is 0 Å². The second-order valence-electron chi connectivity index (χ2n) is 4.66.